The first-order valence-corrected chi connectivity index (χ1v) is 8.75. The van der Waals surface area contributed by atoms with E-state index in [4.69, 9.17) is 23.2 Å². The fourth-order valence-corrected chi connectivity index (χ4v) is 3.32. The van der Waals surface area contributed by atoms with Gasteiger partial charge >= 0.3 is 0 Å². The van der Waals surface area contributed by atoms with E-state index in [1.54, 1.807) is 18.2 Å². The molecule has 1 heterocycles. The van der Waals surface area contributed by atoms with Gasteiger partial charge in [-0.25, -0.2) is 9.37 Å². The van der Waals surface area contributed by atoms with Crippen LogP contribution in [0.2, 0.25) is 10.0 Å². The summed E-state index contributed by atoms with van der Waals surface area (Å²) in [6.07, 6.45) is 0. The highest BCUT2D eigenvalue weighted by Gasteiger charge is 2.19. The molecule has 0 unspecified atom stereocenters. The van der Waals surface area contributed by atoms with E-state index in [0.717, 1.165) is 16.8 Å². The standard InChI is InChI=1S/C21H13Cl2FN2/c22-15-9-4-8-14(12-15)20-19(13-6-2-1-3-7-13)25-21(26-20)18-16(23)10-5-11-17(18)24/h1-12H,(H,25,26). The summed E-state index contributed by atoms with van der Waals surface area (Å²) in [7, 11) is 0. The zero-order valence-electron chi connectivity index (χ0n) is 13.5. The van der Waals surface area contributed by atoms with Crippen LogP contribution in [0.1, 0.15) is 0 Å². The molecule has 0 aliphatic heterocycles. The van der Waals surface area contributed by atoms with Crippen LogP contribution in [0.3, 0.4) is 0 Å². The summed E-state index contributed by atoms with van der Waals surface area (Å²) in [5.74, 6) is -0.0505. The van der Waals surface area contributed by atoms with E-state index in [9.17, 15) is 4.39 Å². The summed E-state index contributed by atoms with van der Waals surface area (Å²) < 4.78 is 14.4. The first-order valence-electron chi connectivity index (χ1n) is 7.99. The molecule has 1 N–H and O–H groups in total. The van der Waals surface area contributed by atoms with E-state index >= 15 is 0 Å². The Morgan fingerprint density at radius 3 is 2.27 bits per heavy atom. The summed E-state index contributed by atoms with van der Waals surface area (Å²) in [6.45, 7) is 0. The molecule has 3 aromatic carbocycles. The van der Waals surface area contributed by atoms with Crippen LogP contribution in [-0.4, -0.2) is 9.97 Å². The molecule has 0 saturated carbocycles. The lowest BCUT2D eigenvalue weighted by atomic mass is 10.1. The molecule has 0 fully saturated rings. The largest absolute Gasteiger partial charge is 0.337 e. The van der Waals surface area contributed by atoms with Gasteiger partial charge in [0, 0.05) is 16.1 Å². The van der Waals surface area contributed by atoms with Gasteiger partial charge in [0.05, 0.1) is 22.0 Å². The Labute approximate surface area is 160 Å². The SMILES string of the molecule is Fc1cccc(Cl)c1-c1nc(-c2cccc(Cl)c2)c(-c2ccccc2)[nH]1. The maximum absolute atomic E-state index is 14.4. The van der Waals surface area contributed by atoms with E-state index in [1.165, 1.54) is 6.07 Å². The Morgan fingerprint density at radius 2 is 1.54 bits per heavy atom. The monoisotopic (exact) mass is 382 g/mol. The molecule has 0 aliphatic carbocycles. The topological polar surface area (TPSA) is 28.7 Å². The smallest absolute Gasteiger partial charge is 0.143 e. The fraction of sp³-hybridized carbons (Fsp3) is 0. The number of imidazole rings is 1. The molecule has 0 radical (unpaired) electrons. The van der Waals surface area contributed by atoms with Gasteiger partial charge in [-0.2, -0.15) is 0 Å². The number of halogens is 3. The molecule has 2 nitrogen and oxygen atoms in total. The third-order valence-electron chi connectivity index (χ3n) is 4.06. The average Bonchev–Trinajstić information content (AvgIpc) is 3.07. The van der Waals surface area contributed by atoms with Crippen molar-refractivity contribution in [3.8, 4) is 33.9 Å². The number of rotatable bonds is 3. The van der Waals surface area contributed by atoms with Crippen molar-refractivity contribution in [2.24, 2.45) is 0 Å². The minimum atomic E-state index is -0.427. The molecule has 0 spiro atoms. The predicted octanol–water partition coefficient (Wildman–Crippen LogP) is 6.86. The van der Waals surface area contributed by atoms with Crippen LogP contribution in [0.15, 0.2) is 72.8 Å². The van der Waals surface area contributed by atoms with Gasteiger partial charge in [-0.05, 0) is 24.3 Å². The number of hydrogen-bond donors (Lipinski definition) is 1. The predicted molar refractivity (Wildman–Crippen MR) is 105 cm³/mol. The van der Waals surface area contributed by atoms with Crippen LogP contribution >= 0.6 is 23.2 Å². The van der Waals surface area contributed by atoms with E-state index in [1.807, 2.05) is 48.5 Å². The number of nitrogens with zero attached hydrogens (tertiary/aromatic N) is 1. The van der Waals surface area contributed by atoms with Gasteiger partial charge in [0.25, 0.3) is 0 Å². The molecule has 0 aliphatic rings. The third-order valence-corrected chi connectivity index (χ3v) is 4.61. The highest BCUT2D eigenvalue weighted by Crippen LogP contribution is 2.36. The van der Waals surface area contributed by atoms with E-state index < -0.39 is 5.82 Å². The highest BCUT2D eigenvalue weighted by molar-refractivity contribution is 6.33. The average molecular weight is 383 g/mol. The summed E-state index contributed by atoms with van der Waals surface area (Å²) in [5.41, 5.74) is 3.50. The molecule has 0 amide bonds. The van der Waals surface area contributed by atoms with Crippen molar-refractivity contribution in [1.82, 2.24) is 9.97 Å². The van der Waals surface area contributed by atoms with Crippen molar-refractivity contribution in [1.29, 1.82) is 0 Å². The summed E-state index contributed by atoms with van der Waals surface area (Å²) in [5, 5.41) is 0.908. The molecule has 0 atom stereocenters. The minimum absolute atomic E-state index is 0.250. The maximum Gasteiger partial charge on any atom is 0.143 e. The maximum atomic E-state index is 14.4. The van der Waals surface area contributed by atoms with Gasteiger partial charge in [-0.1, -0.05) is 71.7 Å². The Hall–Kier alpha value is -2.62. The zero-order chi connectivity index (χ0) is 18.1. The first-order chi connectivity index (χ1) is 12.6. The zero-order valence-corrected chi connectivity index (χ0v) is 15.0. The van der Waals surface area contributed by atoms with E-state index in [-0.39, 0.29) is 5.56 Å². The molecule has 0 saturated heterocycles. The normalized spacial score (nSPS) is 10.9. The molecule has 26 heavy (non-hydrogen) atoms. The van der Waals surface area contributed by atoms with Crippen LogP contribution in [0.25, 0.3) is 33.9 Å². The Kier molecular flexibility index (Phi) is 4.49. The fourth-order valence-electron chi connectivity index (χ4n) is 2.87. The molecular formula is C21H13Cl2FN2. The lowest BCUT2D eigenvalue weighted by Crippen LogP contribution is -1.88. The Bertz CT molecular complexity index is 1050. The van der Waals surface area contributed by atoms with Crippen molar-refractivity contribution < 1.29 is 4.39 Å². The van der Waals surface area contributed by atoms with Gasteiger partial charge < -0.3 is 4.98 Å². The molecular weight excluding hydrogens is 370 g/mol. The van der Waals surface area contributed by atoms with Crippen LogP contribution in [0.5, 0.6) is 0 Å². The number of nitrogens with one attached hydrogen (secondary N) is 1. The van der Waals surface area contributed by atoms with Gasteiger partial charge in [0.2, 0.25) is 0 Å². The van der Waals surface area contributed by atoms with E-state index in [0.29, 0.717) is 21.6 Å². The van der Waals surface area contributed by atoms with Crippen molar-refractivity contribution in [2.75, 3.05) is 0 Å². The number of aromatic nitrogens is 2. The van der Waals surface area contributed by atoms with Gasteiger partial charge in [-0.15, -0.1) is 0 Å². The molecule has 4 aromatic rings. The third kappa shape index (κ3) is 3.12. The van der Waals surface area contributed by atoms with Crippen LogP contribution < -0.4 is 0 Å². The lowest BCUT2D eigenvalue weighted by Gasteiger charge is -2.03. The molecule has 0 bridgehead atoms. The second kappa shape index (κ2) is 6.94. The summed E-state index contributed by atoms with van der Waals surface area (Å²) >= 11 is 12.4. The quantitative estimate of drug-likeness (QED) is 0.411. The first kappa shape index (κ1) is 16.8. The van der Waals surface area contributed by atoms with Gasteiger partial charge in [0.15, 0.2) is 0 Å². The van der Waals surface area contributed by atoms with E-state index in [2.05, 4.69) is 9.97 Å². The van der Waals surface area contributed by atoms with Crippen molar-refractivity contribution in [3.63, 3.8) is 0 Å². The van der Waals surface area contributed by atoms with Crippen LogP contribution in [0.4, 0.5) is 4.39 Å². The second-order valence-electron chi connectivity index (χ2n) is 5.78. The molecule has 5 heteroatoms. The molecule has 128 valence electrons. The van der Waals surface area contributed by atoms with Crippen molar-refractivity contribution >= 4 is 23.2 Å². The number of H-pyrrole nitrogens is 1. The molecule has 4 rings (SSSR count). The van der Waals surface area contributed by atoms with Crippen molar-refractivity contribution in [3.05, 3.63) is 88.7 Å². The summed E-state index contributed by atoms with van der Waals surface area (Å²) in [6, 6.07) is 21.7. The highest BCUT2D eigenvalue weighted by atomic mass is 35.5. The Balaban J connectivity index is 1.97. The summed E-state index contributed by atoms with van der Waals surface area (Å²) in [4.78, 5) is 7.89. The number of aromatic amines is 1. The van der Waals surface area contributed by atoms with Crippen LogP contribution in [0, 0.1) is 5.82 Å². The second-order valence-corrected chi connectivity index (χ2v) is 6.63. The number of benzene rings is 3. The van der Waals surface area contributed by atoms with Gasteiger partial charge in [0.1, 0.15) is 11.6 Å². The van der Waals surface area contributed by atoms with Crippen molar-refractivity contribution in [2.45, 2.75) is 0 Å². The minimum Gasteiger partial charge on any atom is -0.337 e. The molecule has 1 aromatic heterocycles. The van der Waals surface area contributed by atoms with Gasteiger partial charge in [-0.3, -0.25) is 0 Å². The Morgan fingerprint density at radius 1 is 0.808 bits per heavy atom. The van der Waals surface area contributed by atoms with Crippen LogP contribution in [-0.2, 0) is 0 Å². The number of hydrogen-bond acceptors (Lipinski definition) is 1. The lowest BCUT2D eigenvalue weighted by molar-refractivity contribution is 0.630.